The summed E-state index contributed by atoms with van der Waals surface area (Å²) >= 11 is 1.78. The van der Waals surface area contributed by atoms with Gasteiger partial charge in [-0.15, -0.1) is 11.3 Å². The fourth-order valence-electron chi connectivity index (χ4n) is 2.93. The lowest BCUT2D eigenvalue weighted by molar-refractivity contribution is 0.181. The molecule has 2 aromatic heterocycles. The van der Waals surface area contributed by atoms with Crippen LogP contribution >= 0.6 is 11.3 Å². The third-order valence-electron chi connectivity index (χ3n) is 4.34. The molecule has 0 amide bonds. The van der Waals surface area contributed by atoms with E-state index < -0.39 is 0 Å². The molecule has 6 heteroatoms. The molecule has 0 aromatic carbocycles. The summed E-state index contributed by atoms with van der Waals surface area (Å²) in [7, 11) is 0. The van der Waals surface area contributed by atoms with Crippen LogP contribution in [0.5, 0.6) is 0 Å². The lowest BCUT2D eigenvalue weighted by Crippen LogP contribution is -2.35. The van der Waals surface area contributed by atoms with Crippen LogP contribution in [0.3, 0.4) is 0 Å². The van der Waals surface area contributed by atoms with Crippen molar-refractivity contribution in [3.63, 3.8) is 0 Å². The van der Waals surface area contributed by atoms with Crippen LogP contribution in [0.1, 0.15) is 36.2 Å². The minimum atomic E-state index is 0.706. The number of rotatable bonds is 6. The van der Waals surface area contributed by atoms with Crippen LogP contribution in [0, 0.1) is 12.8 Å². The fraction of sp³-hybridized carbons (Fsp3) is 0.588. The molecule has 0 aliphatic carbocycles. The number of aromatic nitrogens is 3. The molecule has 124 valence electrons. The summed E-state index contributed by atoms with van der Waals surface area (Å²) in [5.74, 6) is 1.46. The maximum atomic E-state index is 4.67. The first-order valence-electron chi connectivity index (χ1n) is 8.42. The van der Waals surface area contributed by atoms with E-state index in [1.165, 1.54) is 23.5 Å². The highest BCUT2D eigenvalue weighted by molar-refractivity contribution is 7.09. The third kappa shape index (κ3) is 4.72. The summed E-state index contributed by atoms with van der Waals surface area (Å²) in [5.41, 5.74) is 2.24. The molecule has 5 nitrogen and oxygen atoms in total. The maximum absolute atomic E-state index is 4.67. The van der Waals surface area contributed by atoms with Crippen LogP contribution in [0.2, 0.25) is 0 Å². The summed E-state index contributed by atoms with van der Waals surface area (Å²) in [6.07, 6.45) is 5.30. The van der Waals surface area contributed by atoms with Gasteiger partial charge >= 0.3 is 0 Å². The molecule has 0 unspecified atom stereocenters. The van der Waals surface area contributed by atoms with Crippen LogP contribution in [0.15, 0.2) is 17.6 Å². The van der Waals surface area contributed by atoms with E-state index in [1.54, 1.807) is 11.3 Å². The van der Waals surface area contributed by atoms with Gasteiger partial charge in [-0.05, 0) is 51.3 Å². The Morgan fingerprint density at radius 1 is 1.30 bits per heavy atom. The molecular formula is C17H25N5S. The topological polar surface area (TPSA) is 53.9 Å². The van der Waals surface area contributed by atoms with Crippen LogP contribution < -0.4 is 5.32 Å². The Balaban J connectivity index is 1.41. The SMILES string of the molecule is CCc1nc(CN2CCC(CNc3nccc(C)n3)CC2)cs1. The van der Waals surface area contributed by atoms with Crippen molar-refractivity contribution >= 4 is 17.3 Å². The summed E-state index contributed by atoms with van der Waals surface area (Å²) in [6.45, 7) is 8.43. The smallest absolute Gasteiger partial charge is 0.222 e. The lowest BCUT2D eigenvalue weighted by atomic mass is 9.97. The standard InChI is InChI=1S/C17H25N5S/c1-3-16-21-15(12-23-16)11-22-8-5-14(6-9-22)10-19-17-18-7-4-13(2)20-17/h4,7,12,14H,3,5-6,8-11H2,1-2H3,(H,18,19,20). The summed E-state index contributed by atoms with van der Waals surface area (Å²) in [6, 6.07) is 1.92. The number of nitrogens with zero attached hydrogens (tertiary/aromatic N) is 4. The van der Waals surface area contributed by atoms with Crippen molar-refractivity contribution in [1.82, 2.24) is 19.9 Å². The van der Waals surface area contributed by atoms with Gasteiger partial charge in [-0.25, -0.2) is 15.0 Å². The van der Waals surface area contributed by atoms with E-state index in [0.29, 0.717) is 5.92 Å². The van der Waals surface area contributed by atoms with Crippen molar-refractivity contribution in [2.45, 2.75) is 39.7 Å². The number of thiazole rings is 1. The zero-order chi connectivity index (χ0) is 16.1. The molecule has 2 aromatic rings. The highest BCUT2D eigenvalue weighted by Crippen LogP contribution is 2.20. The Morgan fingerprint density at radius 2 is 2.13 bits per heavy atom. The fourth-order valence-corrected chi connectivity index (χ4v) is 3.67. The van der Waals surface area contributed by atoms with Gasteiger partial charge < -0.3 is 5.32 Å². The van der Waals surface area contributed by atoms with Crippen LogP contribution in [0.4, 0.5) is 5.95 Å². The van der Waals surface area contributed by atoms with E-state index in [0.717, 1.165) is 44.2 Å². The Kier molecular flexibility index (Phi) is 5.56. The van der Waals surface area contributed by atoms with E-state index in [-0.39, 0.29) is 0 Å². The molecule has 1 aliphatic rings. The zero-order valence-corrected chi connectivity index (χ0v) is 14.8. The van der Waals surface area contributed by atoms with E-state index in [2.05, 4.69) is 37.5 Å². The van der Waals surface area contributed by atoms with Gasteiger partial charge in [0.15, 0.2) is 0 Å². The number of nitrogens with one attached hydrogen (secondary N) is 1. The normalized spacial score (nSPS) is 16.6. The largest absolute Gasteiger partial charge is 0.354 e. The molecular weight excluding hydrogens is 306 g/mol. The average molecular weight is 331 g/mol. The minimum Gasteiger partial charge on any atom is -0.354 e. The van der Waals surface area contributed by atoms with Crippen LogP contribution in [-0.2, 0) is 13.0 Å². The molecule has 0 saturated carbocycles. The highest BCUT2D eigenvalue weighted by atomic mass is 32.1. The molecule has 1 saturated heterocycles. The third-order valence-corrected chi connectivity index (χ3v) is 5.38. The molecule has 0 spiro atoms. The zero-order valence-electron chi connectivity index (χ0n) is 14.0. The average Bonchev–Trinajstić information content (AvgIpc) is 3.02. The molecule has 1 N–H and O–H groups in total. The van der Waals surface area contributed by atoms with Crippen molar-refractivity contribution in [3.05, 3.63) is 34.0 Å². The van der Waals surface area contributed by atoms with Crippen molar-refractivity contribution in [1.29, 1.82) is 0 Å². The Hall–Kier alpha value is -1.53. The summed E-state index contributed by atoms with van der Waals surface area (Å²) in [4.78, 5) is 15.9. The molecule has 0 bridgehead atoms. The van der Waals surface area contributed by atoms with E-state index in [4.69, 9.17) is 0 Å². The second-order valence-electron chi connectivity index (χ2n) is 6.21. The molecule has 1 fully saturated rings. The van der Waals surface area contributed by atoms with Gasteiger partial charge in [-0.2, -0.15) is 0 Å². The van der Waals surface area contributed by atoms with E-state index in [1.807, 2.05) is 19.2 Å². The van der Waals surface area contributed by atoms with E-state index in [9.17, 15) is 0 Å². The molecule has 0 radical (unpaired) electrons. The van der Waals surface area contributed by atoms with Crippen LogP contribution in [0.25, 0.3) is 0 Å². The monoisotopic (exact) mass is 331 g/mol. The number of hydrogen-bond donors (Lipinski definition) is 1. The van der Waals surface area contributed by atoms with Gasteiger partial charge in [0.2, 0.25) is 5.95 Å². The molecule has 3 rings (SSSR count). The lowest BCUT2D eigenvalue weighted by Gasteiger charge is -2.31. The minimum absolute atomic E-state index is 0.706. The van der Waals surface area contributed by atoms with Gasteiger partial charge in [-0.3, -0.25) is 4.90 Å². The number of anilines is 1. The quantitative estimate of drug-likeness (QED) is 0.881. The van der Waals surface area contributed by atoms with Crippen molar-refractivity contribution in [2.75, 3.05) is 25.0 Å². The van der Waals surface area contributed by atoms with Crippen LogP contribution in [-0.4, -0.2) is 39.5 Å². The molecule has 0 atom stereocenters. The second-order valence-corrected chi connectivity index (χ2v) is 7.15. The molecule has 1 aliphatic heterocycles. The van der Waals surface area contributed by atoms with E-state index >= 15 is 0 Å². The highest BCUT2D eigenvalue weighted by Gasteiger charge is 2.20. The Labute approximate surface area is 142 Å². The number of hydrogen-bond acceptors (Lipinski definition) is 6. The number of aryl methyl sites for hydroxylation is 2. The number of piperidine rings is 1. The van der Waals surface area contributed by atoms with Gasteiger partial charge in [0.25, 0.3) is 0 Å². The Morgan fingerprint density at radius 3 is 2.83 bits per heavy atom. The Bertz CT molecular complexity index is 619. The van der Waals surface area contributed by atoms with Crippen molar-refractivity contribution < 1.29 is 0 Å². The first kappa shape index (κ1) is 16.3. The van der Waals surface area contributed by atoms with Gasteiger partial charge in [0, 0.05) is 30.4 Å². The predicted molar refractivity (Wildman–Crippen MR) is 94.8 cm³/mol. The van der Waals surface area contributed by atoms with Gasteiger partial charge in [0.1, 0.15) is 0 Å². The molecule has 3 heterocycles. The number of likely N-dealkylation sites (tertiary alicyclic amines) is 1. The van der Waals surface area contributed by atoms with Gasteiger partial charge in [0.05, 0.1) is 10.7 Å². The predicted octanol–water partition coefficient (Wildman–Crippen LogP) is 3.13. The van der Waals surface area contributed by atoms with Crippen molar-refractivity contribution in [2.24, 2.45) is 5.92 Å². The maximum Gasteiger partial charge on any atom is 0.222 e. The van der Waals surface area contributed by atoms with Gasteiger partial charge in [-0.1, -0.05) is 6.92 Å². The van der Waals surface area contributed by atoms with Crippen molar-refractivity contribution in [3.8, 4) is 0 Å². The summed E-state index contributed by atoms with van der Waals surface area (Å²) in [5, 5.41) is 6.84. The first-order valence-corrected chi connectivity index (χ1v) is 9.30. The first-order chi connectivity index (χ1) is 11.2. The molecule has 23 heavy (non-hydrogen) atoms. The summed E-state index contributed by atoms with van der Waals surface area (Å²) < 4.78 is 0. The second kappa shape index (κ2) is 7.84.